The predicted molar refractivity (Wildman–Crippen MR) is 88.2 cm³/mol. The van der Waals surface area contributed by atoms with Gasteiger partial charge in [-0.3, -0.25) is 4.79 Å². The van der Waals surface area contributed by atoms with E-state index in [0.29, 0.717) is 36.0 Å². The molecule has 1 aliphatic heterocycles. The van der Waals surface area contributed by atoms with Gasteiger partial charge < -0.3 is 14.2 Å². The molecule has 4 heteroatoms. The molecule has 118 valence electrons. The second kappa shape index (κ2) is 6.57. The van der Waals surface area contributed by atoms with Crippen molar-refractivity contribution in [2.45, 2.75) is 13.8 Å². The fraction of sp³-hybridized carbons (Fsp3) is 0.211. The van der Waals surface area contributed by atoms with Gasteiger partial charge in [-0.1, -0.05) is 12.1 Å². The molecule has 0 aliphatic carbocycles. The maximum Gasteiger partial charge on any atom is 0.231 e. The molecule has 2 aromatic carbocycles. The molecule has 0 bridgehead atoms. The summed E-state index contributed by atoms with van der Waals surface area (Å²) in [5, 5.41) is 0. The van der Waals surface area contributed by atoms with Gasteiger partial charge in [0.2, 0.25) is 5.78 Å². The summed E-state index contributed by atoms with van der Waals surface area (Å²) in [5.74, 6) is 2.18. The first-order chi connectivity index (χ1) is 11.2. The van der Waals surface area contributed by atoms with Crippen LogP contribution in [0.5, 0.6) is 17.2 Å². The van der Waals surface area contributed by atoms with E-state index in [1.807, 2.05) is 38.1 Å². The van der Waals surface area contributed by atoms with Crippen molar-refractivity contribution in [3.63, 3.8) is 0 Å². The van der Waals surface area contributed by atoms with E-state index < -0.39 is 0 Å². The Hall–Kier alpha value is -2.75. The summed E-state index contributed by atoms with van der Waals surface area (Å²) >= 11 is 0. The Labute approximate surface area is 135 Å². The molecule has 1 aliphatic rings. The number of Topliss-reactive ketones (excluding diaryl/α,β-unsaturated/α-hetero) is 1. The molecule has 1 heterocycles. The maximum absolute atomic E-state index is 12.4. The Morgan fingerprint density at radius 3 is 2.48 bits per heavy atom. The molecule has 0 unspecified atom stereocenters. The van der Waals surface area contributed by atoms with E-state index in [9.17, 15) is 4.79 Å². The van der Waals surface area contributed by atoms with E-state index in [4.69, 9.17) is 14.2 Å². The number of allylic oxidation sites excluding steroid dienone is 1. The highest BCUT2D eigenvalue weighted by atomic mass is 16.5. The van der Waals surface area contributed by atoms with Crippen LogP contribution in [0.15, 0.2) is 48.2 Å². The quantitative estimate of drug-likeness (QED) is 0.780. The van der Waals surface area contributed by atoms with Crippen molar-refractivity contribution in [1.82, 2.24) is 0 Å². The molecule has 0 N–H and O–H groups in total. The second-order valence-corrected chi connectivity index (χ2v) is 5.04. The van der Waals surface area contributed by atoms with Crippen molar-refractivity contribution in [3.05, 3.63) is 59.4 Å². The van der Waals surface area contributed by atoms with E-state index in [2.05, 4.69) is 0 Å². The molecule has 2 aromatic rings. The molecule has 0 aromatic heterocycles. The average Bonchev–Trinajstić information content (AvgIpc) is 2.84. The van der Waals surface area contributed by atoms with Crippen molar-refractivity contribution < 1.29 is 19.0 Å². The molecular weight excluding hydrogens is 292 g/mol. The monoisotopic (exact) mass is 310 g/mol. The van der Waals surface area contributed by atoms with Crippen LogP contribution in [0, 0.1) is 0 Å². The minimum atomic E-state index is -0.120. The van der Waals surface area contributed by atoms with E-state index in [1.165, 1.54) is 0 Å². The fourth-order valence-corrected chi connectivity index (χ4v) is 2.44. The molecule has 0 fully saturated rings. The average molecular weight is 310 g/mol. The van der Waals surface area contributed by atoms with E-state index >= 15 is 0 Å². The summed E-state index contributed by atoms with van der Waals surface area (Å²) < 4.78 is 16.6. The first-order valence-corrected chi connectivity index (χ1v) is 7.65. The maximum atomic E-state index is 12.4. The Morgan fingerprint density at radius 2 is 1.74 bits per heavy atom. The summed E-state index contributed by atoms with van der Waals surface area (Å²) in [7, 11) is 0. The van der Waals surface area contributed by atoms with Crippen LogP contribution >= 0.6 is 0 Å². The smallest absolute Gasteiger partial charge is 0.231 e. The van der Waals surface area contributed by atoms with Crippen LogP contribution in [-0.4, -0.2) is 19.0 Å². The number of hydrogen-bond donors (Lipinski definition) is 0. The first kappa shape index (κ1) is 15.2. The standard InChI is InChI=1S/C19H18O4/c1-3-21-14-7-5-6-13(10-14)11-18-19(20)16-9-8-15(22-4-2)12-17(16)23-18/h5-12H,3-4H2,1-2H3/b18-11-. The lowest BCUT2D eigenvalue weighted by Gasteiger charge is -2.04. The van der Waals surface area contributed by atoms with Gasteiger partial charge in [0.25, 0.3) is 0 Å². The fourth-order valence-electron chi connectivity index (χ4n) is 2.44. The Balaban J connectivity index is 1.87. The predicted octanol–water partition coefficient (Wildman–Crippen LogP) is 4.10. The van der Waals surface area contributed by atoms with Gasteiger partial charge in [-0.2, -0.15) is 0 Å². The molecule has 0 saturated heterocycles. The molecule has 3 rings (SSSR count). The summed E-state index contributed by atoms with van der Waals surface area (Å²) in [4.78, 5) is 12.4. The van der Waals surface area contributed by atoms with Crippen LogP contribution < -0.4 is 14.2 Å². The number of fused-ring (bicyclic) bond motifs is 1. The van der Waals surface area contributed by atoms with Gasteiger partial charge in [-0.15, -0.1) is 0 Å². The van der Waals surface area contributed by atoms with Crippen molar-refractivity contribution in [2.24, 2.45) is 0 Å². The molecule has 0 saturated carbocycles. The molecule has 0 amide bonds. The van der Waals surface area contributed by atoms with Crippen LogP contribution in [0.1, 0.15) is 29.8 Å². The zero-order valence-corrected chi connectivity index (χ0v) is 13.2. The van der Waals surface area contributed by atoms with Gasteiger partial charge in [0, 0.05) is 6.07 Å². The third-order valence-electron chi connectivity index (χ3n) is 3.42. The number of ether oxygens (including phenoxy) is 3. The molecule has 0 atom stereocenters. The second-order valence-electron chi connectivity index (χ2n) is 5.04. The molecular formula is C19H18O4. The van der Waals surface area contributed by atoms with Crippen LogP contribution in [-0.2, 0) is 0 Å². The minimum Gasteiger partial charge on any atom is -0.494 e. The SMILES string of the molecule is CCOc1cccc(/C=C2\Oc3cc(OCC)ccc3C2=O)c1. The summed E-state index contributed by atoms with van der Waals surface area (Å²) in [6.45, 7) is 5.01. The third kappa shape index (κ3) is 3.21. The van der Waals surface area contributed by atoms with E-state index in [-0.39, 0.29) is 5.78 Å². The van der Waals surface area contributed by atoms with Crippen molar-refractivity contribution in [2.75, 3.05) is 13.2 Å². The number of carbonyl (C=O) groups excluding carboxylic acids is 1. The van der Waals surface area contributed by atoms with Crippen molar-refractivity contribution in [1.29, 1.82) is 0 Å². The minimum absolute atomic E-state index is 0.120. The Bertz CT molecular complexity index is 762. The van der Waals surface area contributed by atoms with Crippen LogP contribution in [0.25, 0.3) is 6.08 Å². The lowest BCUT2D eigenvalue weighted by atomic mass is 10.1. The van der Waals surface area contributed by atoms with Crippen LogP contribution in [0.3, 0.4) is 0 Å². The van der Waals surface area contributed by atoms with E-state index in [1.54, 1.807) is 24.3 Å². The van der Waals surface area contributed by atoms with Gasteiger partial charge in [0.05, 0.1) is 18.8 Å². The first-order valence-electron chi connectivity index (χ1n) is 7.65. The summed E-state index contributed by atoms with van der Waals surface area (Å²) in [6, 6.07) is 12.8. The third-order valence-corrected chi connectivity index (χ3v) is 3.42. The molecule has 0 spiro atoms. The summed E-state index contributed by atoms with van der Waals surface area (Å²) in [5.41, 5.74) is 1.41. The van der Waals surface area contributed by atoms with Crippen molar-refractivity contribution >= 4 is 11.9 Å². The van der Waals surface area contributed by atoms with Crippen LogP contribution in [0.2, 0.25) is 0 Å². The zero-order valence-electron chi connectivity index (χ0n) is 13.2. The van der Waals surface area contributed by atoms with Gasteiger partial charge >= 0.3 is 0 Å². The van der Waals surface area contributed by atoms with Gasteiger partial charge in [0.1, 0.15) is 17.2 Å². The molecule has 4 nitrogen and oxygen atoms in total. The number of hydrogen-bond acceptors (Lipinski definition) is 4. The molecule has 23 heavy (non-hydrogen) atoms. The van der Waals surface area contributed by atoms with Gasteiger partial charge in [-0.05, 0) is 49.8 Å². The van der Waals surface area contributed by atoms with E-state index in [0.717, 1.165) is 11.3 Å². The highest BCUT2D eigenvalue weighted by Crippen LogP contribution is 2.35. The van der Waals surface area contributed by atoms with Crippen molar-refractivity contribution in [3.8, 4) is 17.2 Å². The number of ketones is 1. The van der Waals surface area contributed by atoms with Gasteiger partial charge in [0.15, 0.2) is 5.76 Å². The topological polar surface area (TPSA) is 44.8 Å². The Morgan fingerprint density at radius 1 is 1.00 bits per heavy atom. The highest BCUT2D eigenvalue weighted by molar-refractivity contribution is 6.14. The lowest BCUT2D eigenvalue weighted by Crippen LogP contribution is -1.98. The largest absolute Gasteiger partial charge is 0.494 e. The highest BCUT2D eigenvalue weighted by Gasteiger charge is 2.27. The normalized spacial score (nSPS) is 14.5. The summed E-state index contributed by atoms with van der Waals surface area (Å²) in [6.07, 6.45) is 1.73. The number of benzene rings is 2. The van der Waals surface area contributed by atoms with Gasteiger partial charge in [-0.25, -0.2) is 0 Å². The number of carbonyl (C=O) groups is 1. The van der Waals surface area contributed by atoms with Crippen LogP contribution in [0.4, 0.5) is 0 Å². The lowest BCUT2D eigenvalue weighted by molar-refractivity contribution is 0.101. The number of rotatable bonds is 5. The molecule has 0 radical (unpaired) electrons. The zero-order chi connectivity index (χ0) is 16.2. The Kier molecular flexibility index (Phi) is 4.33.